The minimum atomic E-state index is -0.775. The summed E-state index contributed by atoms with van der Waals surface area (Å²) in [5, 5.41) is 9.91. The molecule has 0 spiro atoms. The van der Waals surface area contributed by atoms with E-state index < -0.39 is 6.29 Å². The van der Waals surface area contributed by atoms with Crippen molar-refractivity contribution in [2.75, 3.05) is 0 Å². The van der Waals surface area contributed by atoms with Crippen LogP contribution in [0.4, 0.5) is 0 Å². The Kier molecular flexibility index (Phi) is 4.51. The maximum atomic E-state index is 9.91. The Morgan fingerprint density at radius 3 is 2.11 bits per heavy atom. The fourth-order valence-electron chi connectivity index (χ4n) is 1.90. The number of ether oxygens (including phenoxy) is 1. The third-order valence-electron chi connectivity index (χ3n) is 2.88. The summed E-state index contributed by atoms with van der Waals surface area (Å²) >= 11 is 0. The molecule has 1 N–H and O–H groups in total. The molecule has 2 unspecified atom stereocenters. The zero-order valence-electron chi connectivity index (χ0n) is 10.5. The molecular formula is C16H18O2. The van der Waals surface area contributed by atoms with Gasteiger partial charge in [0.15, 0.2) is 6.29 Å². The first kappa shape index (κ1) is 12.8. The first-order valence-corrected chi connectivity index (χ1v) is 6.18. The van der Waals surface area contributed by atoms with E-state index in [-0.39, 0.29) is 6.10 Å². The van der Waals surface area contributed by atoms with E-state index in [2.05, 4.69) is 0 Å². The van der Waals surface area contributed by atoms with Crippen LogP contribution < -0.4 is 0 Å². The number of benzene rings is 2. The highest BCUT2D eigenvalue weighted by atomic mass is 16.6. The lowest BCUT2D eigenvalue weighted by molar-refractivity contribution is -0.131. The maximum Gasteiger partial charge on any atom is 0.159 e. The summed E-state index contributed by atoms with van der Waals surface area (Å²) in [6, 6.07) is 19.8. The van der Waals surface area contributed by atoms with Crippen LogP contribution in [0.1, 0.15) is 24.2 Å². The highest BCUT2D eigenvalue weighted by Crippen LogP contribution is 2.18. The quantitative estimate of drug-likeness (QED) is 0.815. The normalized spacial score (nSPS) is 14.1. The summed E-state index contributed by atoms with van der Waals surface area (Å²) < 4.78 is 5.60. The van der Waals surface area contributed by atoms with Gasteiger partial charge in [0.05, 0.1) is 6.10 Å². The molecule has 2 atom stereocenters. The summed E-state index contributed by atoms with van der Waals surface area (Å²) in [5.41, 5.74) is 2.15. The Bertz CT molecular complexity index is 453. The van der Waals surface area contributed by atoms with E-state index in [0.29, 0.717) is 6.42 Å². The molecule has 2 heteroatoms. The summed E-state index contributed by atoms with van der Waals surface area (Å²) in [5.74, 6) is 0. The van der Waals surface area contributed by atoms with Crippen LogP contribution in [0.25, 0.3) is 0 Å². The van der Waals surface area contributed by atoms with Crippen molar-refractivity contribution in [3.63, 3.8) is 0 Å². The molecule has 94 valence electrons. The van der Waals surface area contributed by atoms with Gasteiger partial charge < -0.3 is 9.84 Å². The topological polar surface area (TPSA) is 29.5 Å². The average Bonchev–Trinajstić information content (AvgIpc) is 2.40. The van der Waals surface area contributed by atoms with E-state index in [4.69, 9.17) is 4.74 Å². The predicted molar refractivity (Wildman–Crippen MR) is 72.1 cm³/mol. The Balaban J connectivity index is 1.90. The summed E-state index contributed by atoms with van der Waals surface area (Å²) in [7, 11) is 0. The highest BCUT2D eigenvalue weighted by molar-refractivity contribution is 5.17. The number of aliphatic hydroxyl groups is 1. The third kappa shape index (κ3) is 3.69. The van der Waals surface area contributed by atoms with Gasteiger partial charge in [0.2, 0.25) is 0 Å². The second-order valence-electron chi connectivity index (χ2n) is 4.33. The molecule has 0 saturated carbocycles. The van der Waals surface area contributed by atoms with Gasteiger partial charge in [0.1, 0.15) is 0 Å². The average molecular weight is 242 g/mol. The monoisotopic (exact) mass is 242 g/mol. The Morgan fingerprint density at radius 2 is 1.50 bits per heavy atom. The van der Waals surface area contributed by atoms with E-state index in [0.717, 1.165) is 11.1 Å². The van der Waals surface area contributed by atoms with Crippen molar-refractivity contribution in [3.05, 3.63) is 71.8 Å². The smallest absolute Gasteiger partial charge is 0.159 e. The fourth-order valence-corrected chi connectivity index (χ4v) is 1.90. The van der Waals surface area contributed by atoms with Crippen molar-refractivity contribution in [1.82, 2.24) is 0 Å². The SMILES string of the molecule is CC(OC(O)Cc1ccccc1)c1ccccc1. The molecule has 0 bridgehead atoms. The predicted octanol–water partition coefficient (Wildman–Crippen LogP) is 3.33. The molecule has 0 radical (unpaired) electrons. The van der Waals surface area contributed by atoms with Crippen LogP contribution in [-0.4, -0.2) is 11.4 Å². The van der Waals surface area contributed by atoms with Crippen LogP contribution in [0.5, 0.6) is 0 Å². The maximum absolute atomic E-state index is 9.91. The molecule has 0 fully saturated rings. The summed E-state index contributed by atoms with van der Waals surface area (Å²) in [6.07, 6.45) is -0.370. The van der Waals surface area contributed by atoms with Crippen LogP contribution in [0.3, 0.4) is 0 Å². The van der Waals surface area contributed by atoms with E-state index in [1.165, 1.54) is 0 Å². The van der Waals surface area contributed by atoms with Gasteiger partial charge in [0.25, 0.3) is 0 Å². The molecule has 2 nitrogen and oxygen atoms in total. The minimum Gasteiger partial charge on any atom is -0.368 e. The molecule has 0 aliphatic carbocycles. The number of rotatable bonds is 5. The molecule has 2 aromatic carbocycles. The summed E-state index contributed by atoms with van der Waals surface area (Å²) in [4.78, 5) is 0. The van der Waals surface area contributed by atoms with Crippen molar-refractivity contribution in [2.45, 2.75) is 25.7 Å². The lowest BCUT2D eigenvalue weighted by Gasteiger charge is -2.18. The second-order valence-corrected chi connectivity index (χ2v) is 4.33. The largest absolute Gasteiger partial charge is 0.368 e. The van der Waals surface area contributed by atoms with Gasteiger partial charge >= 0.3 is 0 Å². The van der Waals surface area contributed by atoms with Crippen LogP contribution in [0.15, 0.2) is 60.7 Å². The lowest BCUT2D eigenvalue weighted by atomic mass is 10.1. The molecule has 0 amide bonds. The van der Waals surface area contributed by atoms with Crippen molar-refractivity contribution in [2.24, 2.45) is 0 Å². The first-order valence-electron chi connectivity index (χ1n) is 6.18. The van der Waals surface area contributed by atoms with Crippen LogP contribution in [0, 0.1) is 0 Å². The van der Waals surface area contributed by atoms with Crippen LogP contribution >= 0.6 is 0 Å². The van der Waals surface area contributed by atoms with Crippen LogP contribution in [-0.2, 0) is 11.2 Å². The van der Waals surface area contributed by atoms with E-state index >= 15 is 0 Å². The Labute approximate surface area is 108 Å². The molecule has 0 aliphatic heterocycles. The first-order chi connectivity index (χ1) is 8.75. The van der Waals surface area contributed by atoms with Gasteiger partial charge in [-0.15, -0.1) is 0 Å². The Morgan fingerprint density at radius 1 is 0.944 bits per heavy atom. The molecule has 2 rings (SSSR count). The number of hydrogen-bond donors (Lipinski definition) is 1. The minimum absolute atomic E-state index is 0.107. The van der Waals surface area contributed by atoms with Gasteiger partial charge in [-0.3, -0.25) is 0 Å². The second kappa shape index (κ2) is 6.34. The molecule has 18 heavy (non-hydrogen) atoms. The van der Waals surface area contributed by atoms with Gasteiger partial charge in [-0.25, -0.2) is 0 Å². The lowest BCUT2D eigenvalue weighted by Crippen LogP contribution is -2.17. The Hall–Kier alpha value is -1.64. The molecule has 0 saturated heterocycles. The molecule has 0 aliphatic rings. The van der Waals surface area contributed by atoms with Gasteiger partial charge in [0, 0.05) is 6.42 Å². The van der Waals surface area contributed by atoms with Crippen molar-refractivity contribution >= 4 is 0 Å². The van der Waals surface area contributed by atoms with E-state index in [9.17, 15) is 5.11 Å². The zero-order valence-corrected chi connectivity index (χ0v) is 10.5. The van der Waals surface area contributed by atoms with Crippen molar-refractivity contribution in [3.8, 4) is 0 Å². The fraction of sp³-hybridized carbons (Fsp3) is 0.250. The zero-order chi connectivity index (χ0) is 12.8. The van der Waals surface area contributed by atoms with Gasteiger partial charge in [-0.2, -0.15) is 0 Å². The number of aliphatic hydroxyl groups excluding tert-OH is 1. The van der Waals surface area contributed by atoms with Crippen LogP contribution in [0.2, 0.25) is 0 Å². The third-order valence-corrected chi connectivity index (χ3v) is 2.88. The molecule has 2 aromatic rings. The van der Waals surface area contributed by atoms with Crippen molar-refractivity contribution < 1.29 is 9.84 Å². The van der Waals surface area contributed by atoms with E-state index in [1.807, 2.05) is 67.6 Å². The standard InChI is InChI=1S/C16H18O2/c1-13(15-10-6-3-7-11-15)18-16(17)12-14-8-4-2-5-9-14/h2-11,13,16-17H,12H2,1H3. The van der Waals surface area contributed by atoms with E-state index in [1.54, 1.807) is 0 Å². The highest BCUT2D eigenvalue weighted by Gasteiger charge is 2.12. The van der Waals surface area contributed by atoms with Crippen molar-refractivity contribution in [1.29, 1.82) is 0 Å². The number of hydrogen-bond acceptors (Lipinski definition) is 2. The van der Waals surface area contributed by atoms with Gasteiger partial charge in [-0.1, -0.05) is 60.7 Å². The van der Waals surface area contributed by atoms with Gasteiger partial charge in [-0.05, 0) is 18.1 Å². The molecule has 0 aromatic heterocycles. The molecule has 0 heterocycles. The summed E-state index contributed by atoms with van der Waals surface area (Å²) in [6.45, 7) is 1.95. The molecular weight excluding hydrogens is 224 g/mol.